The Labute approximate surface area is 127 Å². The second kappa shape index (κ2) is 5.77. The third-order valence-electron chi connectivity index (χ3n) is 3.71. The van der Waals surface area contributed by atoms with E-state index >= 15 is 0 Å². The van der Waals surface area contributed by atoms with Crippen molar-refractivity contribution in [1.82, 2.24) is 5.32 Å². The molecule has 1 amide bonds. The quantitative estimate of drug-likeness (QED) is 0.854. The summed E-state index contributed by atoms with van der Waals surface area (Å²) in [4.78, 5) is 14.8. The maximum atomic E-state index is 12.1. The smallest absolute Gasteiger partial charge is 0.251 e. The molecule has 0 atom stereocenters. The molecule has 2 aromatic rings. The van der Waals surface area contributed by atoms with E-state index in [9.17, 15) is 4.79 Å². The lowest BCUT2D eigenvalue weighted by atomic mass is 10.1. The van der Waals surface area contributed by atoms with Gasteiger partial charge in [0.15, 0.2) is 0 Å². The molecule has 0 unspecified atom stereocenters. The van der Waals surface area contributed by atoms with Crippen molar-refractivity contribution < 1.29 is 9.53 Å². The van der Waals surface area contributed by atoms with Gasteiger partial charge in [-0.3, -0.25) is 4.79 Å². The molecule has 1 aliphatic carbocycles. The molecule has 1 aliphatic rings. The van der Waals surface area contributed by atoms with Gasteiger partial charge in [0, 0.05) is 15.3 Å². The number of rotatable bonds is 4. The molecule has 4 nitrogen and oxygen atoms in total. The van der Waals surface area contributed by atoms with E-state index in [1.807, 2.05) is 11.3 Å². The van der Waals surface area contributed by atoms with Gasteiger partial charge in [-0.1, -0.05) is 0 Å². The molecule has 0 saturated heterocycles. The van der Waals surface area contributed by atoms with E-state index in [4.69, 9.17) is 10.5 Å². The molecular weight excluding hydrogens is 284 g/mol. The van der Waals surface area contributed by atoms with Crippen LogP contribution in [0.1, 0.15) is 32.1 Å². The summed E-state index contributed by atoms with van der Waals surface area (Å²) < 4.78 is 5.09. The number of fused-ring (bicyclic) bond motifs is 1. The number of methoxy groups -OCH3 is 1. The maximum Gasteiger partial charge on any atom is 0.251 e. The van der Waals surface area contributed by atoms with Gasteiger partial charge in [-0.2, -0.15) is 0 Å². The highest BCUT2D eigenvalue weighted by atomic mass is 32.1. The number of hydrogen-bond acceptors (Lipinski definition) is 4. The van der Waals surface area contributed by atoms with E-state index in [0.29, 0.717) is 23.5 Å². The molecule has 0 aliphatic heterocycles. The molecule has 0 fully saturated rings. The summed E-state index contributed by atoms with van der Waals surface area (Å²) in [7, 11) is 1.56. The number of amides is 1. The molecule has 0 saturated carbocycles. The number of nitrogen functional groups attached to an aromatic ring is 1. The fraction of sp³-hybridized carbons (Fsp3) is 0.312. The minimum Gasteiger partial charge on any atom is -0.495 e. The van der Waals surface area contributed by atoms with Crippen molar-refractivity contribution in [2.24, 2.45) is 0 Å². The van der Waals surface area contributed by atoms with Crippen molar-refractivity contribution in [2.45, 2.75) is 25.8 Å². The van der Waals surface area contributed by atoms with Crippen LogP contribution in [0.15, 0.2) is 24.3 Å². The number of ether oxygens (including phenoxy) is 1. The van der Waals surface area contributed by atoms with E-state index in [-0.39, 0.29) is 5.91 Å². The third kappa shape index (κ3) is 2.88. The molecule has 0 radical (unpaired) electrons. The Morgan fingerprint density at radius 2 is 2.24 bits per heavy atom. The molecule has 1 aromatic carbocycles. The molecule has 3 rings (SSSR count). The van der Waals surface area contributed by atoms with Gasteiger partial charge in [-0.15, -0.1) is 11.3 Å². The lowest BCUT2D eigenvalue weighted by Gasteiger charge is -2.07. The van der Waals surface area contributed by atoms with Gasteiger partial charge in [0.1, 0.15) is 5.75 Å². The van der Waals surface area contributed by atoms with E-state index in [2.05, 4.69) is 11.4 Å². The van der Waals surface area contributed by atoms with Gasteiger partial charge in [-0.05, 0) is 49.1 Å². The fourth-order valence-corrected chi connectivity index (χ4v) is 3.82. The van der Waals surface area contributed by atoms with Crippen LogP contribution in [0.4, 0.5) is 5.69 Å². The van der Waals surface area contributed by atoms with Crippen molar-refractivity contribution in [2.75, 3.05) is 12.8 Å². The molecule has 0 bridgehead atoms. The van der Waals surface area contributed by atoms with E-state index in [1.54, 1.807) is 25.3 Å². The molecule has 21 heavy (non-hydrogen) atoms. The molecule has 1 aromatic heterocycles. The van der Waals surface area contributed by atoms with Crippen LogP contribution in [-0.2, 0) is 19.4 Å². The van der Waals surface area contributed by atoms with Crippen molar-refractivity contribution in [1.29, 1.82) is 0 Å². The van der Waals surface area contributed by atoms with Crippen molar-refractivity contribution >= 4 is 22.9 Å². The normalized spacial score (nSPS) is 13.0. The summed E-state index contributed by atoms with van der Waals surface area (Å²) in [5.41, 5.74) is 8.30. The van der Waals surface area contributed by atoms with Crippen LogP contribution >= 0.6 is 11.3 Å². The summed E-state index contributed by atoms with van der Waals surface area (Å²) in [6.07, 6.45) is 3.62. The Hall–Kier alpha value is -2.01. The first-order valence-electron chi connectivity index (χ1n) is 6.99. The molecule has 110 valence electrons. The number of benzene rings is 1. The Kier molecular flexibility index (Phi) is 3.84. The van der Waals surface area contributed by atoms with Gasteiger partial charge in [0.2, 0.25) is 0 Å². The fourth-order valence-electron chi connectivity index (χ4n) is 2.62. The van der Waals surface area contributed by atoms with Crippen LogP contribution in [0.3, 0.4) is 0 Å². The zero-order chi connectivity index (χ0) is 14.8. The number of hydrogen-bond donors (Lipinski definition) is 2. The standard InChI is InChI=1S/C16H18N2O2S/c1-20-14-6-5-11(8-13(14)17)16(19)18-9-12-7-10-3-2-4-15(10)21-12/h5-8H,2-4,9,17H2,1H3,(H,18,19). The zero-order valence-corrected chi connectivity index (χ0v) is 12.8. The minimum absolute atomic E-state index is 0.113. The van der Waals surface area contributed by atoms with Crippen molar-refractivity contribution in [3.63, 3.8) is 0 Å². The minimum atomic E-state index is -0.113. The highest BCUT2D eigenvalue weighted by Gasteiger charge is 2.15. The van der Waals surface area contributed by atoms with Gasteiger partial charge in [0.05, 0.1) is 19.3 Å². The average molecular weight is 302 g/mol. The predicted molar refractivity (Wildman–Crippen MR) is 84.9 cm³/mol. The monoisotopic (exact) mass is 302 g/mol. The summed E-state index contributed by atoms with van der Waals surface area (Å²) in [6.45, 7) is 0.572. The molecule has 1 heterocycles. The van der Waals surface area contributed by atoms with Crippen molar-refractivity contribution in [3.8, 4) is 5.75 Å². The Bertz CT molecular complexity index is 657. The highest BCUT2D eigenvalue weighted by molar-refractivity contribution is 7.12. The van der Waals surface area contributed by atoms with Gasteiger partial charge < -0.3 is 15.8 Å². The SMILES string of the molecule is COc1ccc(C(=O)NCc2cc3c(s2)CCC3)cc1N. The van der Waals surface area contributed by atoms with Crippen LogP contribution in [-0.4, -0.2) is 13.0 Å². The first kappa shape index (κ1) is 13.9. The highest BCUT2D eigenvalue weighted by Crippen LogP contribution is 2.30. The van der Waals surface area contributed by atoms with E-state index in [1.165, 1.54) is 34.6 Å². The Morgan fingerprint density at radius 1 is 1.38 bits per heavy atom. The summed E-state index contributed by atoms with van der Waals surface area (Å²) >= 11 is 1.81. The van der Waals surface area contributed by atoms with E-state index < -0.39 is 0 Å². The lowest BCUT2D eigenvalue weighted by molar-refractivity contribution is 0.0951. The summed E-state index contributed by atoms with van der Waals surface area (Å²) in [5, 5.41) is 2.94. The second-order valence-corrected chi connectivity index (χ2v) is 6.38. The molecule has 3 N–H and O–H groups in total. The van der Waals surface area contributed by atoms with E-state index in [0.717, 1.165) is 0 Å². The number of nitrogens with two attached hydrogens (primary N) is 1. The Morgan fingerprint density at radius 3 is 2.95 bits per heavy atom. The topological polar surface area (TPSA) is 64.3 Å². The molecular formula is C16H18N2O2S. The number of anilines is 1. The van der Waals surface area contributed by atoms with Gasteiger partial charge in [0.25, 0.3) is 5.91 Å². The van der Waals surface area contributed by atoms with Gasteiger partial charge in [-0.25, -0.2) is 0 Å². The predicted octanol–water partition coefficient (Wildman–Crippen LogP) is 2.76. The maximum absolute atomic E-state index is 12.1. The molecule has 5 heteroatoms. The second-order valence-electron chi connectivity index (χ2n) is 5.15. The third-order valence-corrected chi connectivity index (χ3v) is 4.95. The van der Waals surface area contributed by atoms with Crippen LogP contribution in [0, 0.1) is 0 Å². The number of carbonyl (C=O) groups excluding carboxylic acids is 1. The number of aryl methyl sites for hydroxylation is 2. The number of nitrogens with one attached hydrogen (secondary N) is 1. The zero-order valence-electron chi connectivity index (χ0n) is 11.9. The first-order chi connectivity index (χ1) is 10.2. The van der Waals surface area contributed by atoms with Crippen LogP contribution < -0.4 is 15.8 Å². The average Bonchev–Trinajstić information content (AvgIpc) is 3.05. The summed E-state index contributed by atoms with van der Waals surface area (Å²) in [6, 6.07) is 7.29. The molecule has 0 spiro atoms. The largest absolute Gasteiger partial charge is 0.495 e. The van der Waals surface area contributed by atoms with Crippen molar-refractivity contribution in [3.05, 3.63) is 45.1 Å². The van der Waals surface area contributed by atoms with Crippen LogP contribution in [0.25, 0.3) is 0 Å². The Balaban J connectivity index is 1.64. The number of thiophene rings is 1. The first-order valence-corrected chi connectivity index (χ1v) is 7.81. The van der Waals surface area contributed by atoms with Crippen LogP contribution in [0.2, 0.25) is 0 Å². The van der Waals surface area contributed by atoms with Crippen LogP contribution in [0.5, 0.6) is 5.75 Å². The van der Waals surface area contributed by atoms with Gasteiger partial charge >= 0.3 is 0 Å². The number of carbonyl (C=O) groups is 1. The summed E-state index contributed by atoms with van der Waals surface area (Å²) in [5.74, 6) is 0.471. The lowest BCUT2D eigenvalue weighted by Crippen LogP contribution is -2.22.